The van der Waals surface area contributed by atoms with E-state index in [0.29, 0.717) is 25.6 Å². The zero-order valence-corrected chi connectivity index (χ0v) is 13.7. The number of fused-ring (bicyclic) bond motifs is 1. The lowest BCUT2D eigenvalue weighted by Crippen LogP contribution is -2.35. The molecule has 1 aliphatic rings. The fourth-order valence-electron chi connectivity index (χ4n) is 2.98. The Balaban J connectivity index is 1.41. The van der Waals surface area contributed by atoms with E-state index in [0.717, 1.165) is 12.0 Å². The van der Waals surface area contributed by atoms with E-state index in [9.17, 15) is 4.79 Å². The van der Waals surface area contributed by atoms with Crippen molar-refractivity contribution in [3.05, 3.63) is 83.1 Å². The smallest absolute Gasteiger partial charge is 0.292 e. The van der Waals surface area contributed by atoms with Gasteiger partial charge < -0.3 is 14.2 Å². The van der Waals surface area contributed by atoms with Crippen molar-refractivity contribution in [3.8, 4) is 5.88 Å². The average molecular weight is 334 g/mol. The predicted molar refractivity (Wildman–Crippen MR) is 92.2 cm³/mol. The van der Waals surface area contributed by atoms with Crippen LogP contribution in [0.25, 0.3) is 0 Å². The Morgan fingerprint density at radius 1 is 1.08 bits per heavy atom. The highest BCUT2D eigenvalue weighted by atomic mass is 16.5. The van der Waals surface area contributed by atoms with Crippen LogP contribution in [-0.4, -0.2) is 22.5 Å². The summed E-state index contributed by atoms with van der Waals surface area (Å²) in [5, 5.41) is 3.85. The molecule has 0 unspecified atom stereocenters. The normalized spacial score (nSPS) is 13.4. The molecule has 0 fully saturated rings. The van der Waals surface area contributed by atoms with E-state index in [1.165, 1.54) is 11.1 Å². The molecule has 25 heavy (non-hydrogen) atoms. The van der Waals surface area contributed by atoms with Gasteiger partial charge in [-0.05, 0) is 28.3 Å². The van der Waals surface area contributed by atoms with Gasteiger partial charge in [-0.1, -0.05) is 54.6 Å². The summed E-state index contributed by atoms with van der Waals surface area (Å²) in [4.78, 5) is 14.4. The number of amides is 1. The highest BCUT2D eigenvalue weighted by molar-refractivity contribution is 5.91. The van der Waals surface area contributed by atoms with Gasteiger partial charge in [-0.15, -0.1) is 0 Å². The van der Waals surface area contributed by atoms with Crippen molar-refractivity contribution < 1.29 is 14.1 Å². The minimum atomic E-state index is -0.156. The number of carbonyl (C=O) groups is 1. The molecule has 0 saturated carbocycles. The van der Waals surface area contributed by atoms with Crippen LogP contribution >= 0.6 is 0 Å². The van der Waals surface area contributed by atoms with Crippen molar-refractivity contribution in [2.75, 3.05) is 6.54 Å². The fraction of sp³-hybridized carbons (Fsp3) is 0.200. The van der Waals surface area contributed by atoms with Crippen molar-refractivity contribution in [3.63, 3.8) is 0 Å². The molecule has 5 heteroatoms. The second-order valence-electron chi connectivity index (χ2n) is 6.05. The number of aromatic nitrogens is 1. The van der Waals surface area contributed by atoms with Crippen molar-refractivity contribution in [2.24, 2.45) is 0 Å². The summed E-state index contributed by atoms with van der Waals surface area (Å²) in [5.74, 6) is 0.378. The van der Waals surface area contributed by atoms with Crippen LogP contribution in [0.3, 0.4) is 0 Å². The minimum absolute atomic E-state index is 0.156. The first-order valence-corrected chi connectivity index (χ1v) is 8.29. The molecular weight excluding hydrogens is 316 g/mol. The average Bonchev–Trinajstić information content (AvgIpc) is 3.15. The summed E-state index contributed by atoms with van der Waals surface area (Å²) in [6.45, 7) is 1.66. The Morgan fingerprint density at radius 3 is 2.68 bits per heavy atom. The molecule has 0 bridgehead atoms. The zero-order chi connectivity index (χ0) is 17.1. The van der Waals surface area contributed by atoms with Gasteiger partial charge in [0.05, 0.1) is 6.07 Å². The quantitative estimate of drug-likeness (QED) is 0.733. The van der Waals surface area contributed by atoms with Gasteiger partial charge in [0.1, 0.15) is 6.61 Å². The maximum atomic E-state index is 12.6. The highest BCUT2D eigenvalue weighted by Crippen LogP contribution is 2.22. The number of benzene rings is 2. The Bertz CT molecular complexity index is 873. The molecule has 0 atom stereocenters. The Morgan fingerprint density at radius 2 is 1.84 bits per heavy atom. The number of ether oxygens (including phenoxy) is 1. The molecule has 0 aliphatic carbocycles. The number of rotatable bonds is 4. The van der Waals surface area contributed by atoms with Crippen LogP contribution in [0.2, 0.25) is 0 Å². The molecule has 3 aromatic rings. The molecule has 2 aromatic carbocycles. The molecule has 1 amide bonds. The number of nitrogens with zero attached hydrogens (tertiary/aromatic N) is 2. The third-order valence-electron chi connectivity index (χ3n) is 4.35. The van der Waals surface area contributed by atoms with E-state index in [1.54, 1.807) is 11.0 Å². The van der Waals surface area contributed by atoms with Crippen LogP contribution in [0, 0.1) is 0 Å². The molecule has 5 nitrogen and oxygen atoms in total. The van der Waals surface area contributed by atoms with E-state index in [2.05, 4.69) is 17.3 Å². The van der Waals surface area contributed by atoms with Crippen molar-refractivity contribution in [2.45, 2.75) is 19.6 Å². The van der Waals surface area contributed by atoms with E-state index in [1.807, 2.05) is 42.5 Å². The maximum absolute atomic E-state index is 12.6. The van der Waals surface area contributed by atoms with E-state index < -0.39 is 0 Å². The van der Waals surface area contributed by atoms with Crippen molar-refractivity contribution in [1.29, 1.82) is 0 Å². The van der Waals surface area contributed by atoms with Crippen LogP contribution in [0.5, 0.6) is 5.88 Å². The van der Waals surface area contributed by atoms with E-state index >= 15 is 0 Å². The summed E-state index contributed by atoms with van der Waals surface area (Å²) < 4.78 is 10.8. The maximum Gasteiger partial charge on any atom is 0.292 e. The van der Waals surface area contributed by atoms with Crippen LogP contribution in [0.4, 0.5) is 0 Å². The SMILES string of the molecule is O=C(c1cc(OCc2ccccc2)no1)N1CCc2ccccc2C1. The second kappa shape index (κ2) is 6.81. The fourth-order valence-corrected chi connectivity index (χ4v) is 2.98. The third kappa shape index (κ3) is 3.40. The lowest BCUT2D eigenvalue weighted by atomic mass is 10.00. The molecule has 0 saturated heterocycles. The van der Waals surface area contributed by atoms with Gasteiger partial charge in [0.15, 0.2) is 0 Å². The first-order chi connectivity index (χ1) is 12.3. The van der Waals surface area contributed by atoms with Gasteiger partial charge in [0.2, 0.25) is 5.76 Å². The Kier molecular flexibility index (Phi) is 4.21. The van der Waals surface area contributed by atoms with Gasteiger partial charge in [-0.25, -0.2) is 0 Å². The standard InChI is InChI=1S/C20H18N2O3/c23-20(22-11-10-16-8-4-5-9-17(16)13-22)18-12-19(21-25-18)24-14-15-6-2-1-3-7-15/h1-9,12H,10-11,13-14H2. The third-order valence-corrected chi connectivity index (χ3v) is 4.35. The predicted octanol–water partition coefficient (Wildman–Crippen LogP) is 3.45. The summed E-state index contributed by atoms with van der Waals surface area (Å²) >= 11 is 0. The molecule has 1 aromatic heterocycles. The number of hydrogen-bond acceptors (Lipinski definition) is 4. The Hall–Kier alpha value is -3.08. The molecule has 0 N–H and O–H groups in total. The van der Waals surface area contributed by atoms with Crippen LogP contribution < -0.4 is 4.74 Å². The molecule has 0 radical (unpaired) electrons. The summed E-state index contributed by atoms with van der Waals surface area (Å²) in [6, 6.07) is 19.5. The van der Waals surface area contributed by atoms with E-state index in [4.69, 9.17) is 9.26 Å². The molecule has 126 valence electrons. The van der Waals surface area contributed by atoms with Crippen LogP contribution in [0.15, 0.2) is 65.2 Å². The zero-order valence-electron chi connectivity index (χ0n) is 13.7. The molecule has 1 aliphatic heterocycles. The van der Waals surface area contributed by atoms with Crippen LogP contribution in [-0.2, 0) is 19.6 Å². The van der Waals surface area contributed by atoms with E-state index in [-0.39, 0.29) is 11.7 Å². The topological polar surface area (TPSA) is 55.6 Å². The molecular formula is C20H18N2O3. The minimum Gasteiger partial charge on any atom is -0.471 e. The lowest BCUT2D eigenvalue weighted by Gasteiger charge is -2.27. The summed E-state index contributed by atoms with van der Waals surface area (Å²) in [7, 11) is 0. The monoisotopic (exact) mass is 334 g/mol. The first kappa shape index (κ1) is 15.4. The molecule has 2 heterocycles. The van der Waals surface area contributed by atoms with Gasteiger partial charge in [0, 0.05) is 13.1 Å². The van der Waals surface area contributed by atoms with Crippen molar-refractivity contribution >= 4 is 5.91 Å². The highest BCUT2D eigenvalue weighted by Gasteiger charge is 2.24. The second-order valence-corrected chi connectivity index (χ2v) is 6.05. The van der Waals surface area contributed by atoms with Crippen LogP contribution in [0.1, 0.15) is 27.2 Å². The van der Waals surface area contributed by atoms with Gasteiger partial charge in [0.25, 0.3) is 11.8 Å². The molecule has 4 rings (SSSR count). The molecule has 0 spiro atoms. The summed E-state index contributed by atoms with van der Waals surface area (Å²) in [5.41, 5.74) is 3.52. The Labute approximate surface area is 145 Å². The summed E-state index contributed by atoms with van der Waals surface area (Å²) in [6.07, 6.45) is 0.855. The van der Waals surface area contributed by atoms with Gasteiger partial charge in [-0.2, -0.15) is 0 Å². The largest absolute Gasteiger partial charge is 0.471 e. The number of hydrogen-bond donors (Lipinski definition) is 0. The number of carbonyl (C=O) groups excluding carboxylic acids is 1. The van der Waals surface area contributed by atoms with Gasteiger partial charge >= 0.3 is 0 Å². The van der Waals surface area contributed by atoms with Crippen molar-refractivity contribution in [1.82, 2.24) is 10.1 Å². The first-order valence-electron chi connectivity index (χ1n) is 8.29. The lowest BCUT2D eigenvalue weighted by molar-refractivity contribution is 0.0692. The van der Waals surface area contributed by atoms with Gasteiger partial charge in [-0.3, -0.25) is 4.79 Å².